The van der Waals surface area contributed by atoms with E-state index in [1.807, 2.05) is 0 Å². The third-order valence-corrected chi connectivity index (χ3v) is 12.8. The zero-order valence-corrected chi connectivity index (χ0v) is 23.5. The molecule has 5 saturated carbocycles. The first kappa shape index (κ1) is 23.9. The highest BCUT2D eigenvalue weighted by Crippen LogP contribution is 2.82. The molecule has 0 heterocycles. The van der Waals surface area contributed by atoms with Gasteiger partial charge >= 0.3 is 5.97 Å². The van der Waals surface area contributed by atoms with Gasteiger partial charge < -0.3 is 4.74 Å². The molecule has 1 spiro atoms. The second kappa shape index (κ2) is 8.40. The average molecular weight is 555 g/mol. The maximum atomic E-state index is 12.4. The van der Waals surface area contributed by atoms with Gasteiger partial charge in [0.1, 0.15) is 6.10 Å². The fraction of sp³-hybridized carbons (Fsp3) is 0.966. The molecule has 5 fully saturated rings. The number of alkyl halides is 1. The molecule has 182 valence electrons. The van der Waals surface area contributed by atoms with E-state index >= 15 is 0 Å². The molecule has 10 atom stereocenters. The van der Waals surface area contributed by atoms with E-state index in [4.69, 9.17) is 4.74 Å². The van der Waals surface area contributed by atoms with Crippen LogP contribution >= 0.6 is 22.6 Å². The van der Waals surface area contributed by atoms with Crippen LogP contribution in [0.25, 0.3) is 0 Å². The Morgan fingerprint density at radius 3 is 2.50 bits per heavy atom. The molecule has 5 aliphatic rings. The Bertz CT molecular complexity index is 735. The normalized spacial score (nSPS) is 49.7. The highest BCUT2D eigenvalue weighted by molar-refractivity contribution is 14.1. The smallest absolute Gasteiger partial charge is 0.316 e. The molecule has 0 aromatic heterocycles. The quantitative estimate of drug-likeness (QED) is 0.181. The van der Waals surface area contributed by atoms with Gasteiger partial charge in [0.15, 0.2) is 0 Å². The molecule has 0 amide bonds. The Hall–Kier alpha value is 0.200. The molecule has 0 aromatic rings. The summed E-state index contributed by atoms with van der Waals surface area (Å²) in [4.78, 5) is 12.4. The predicted molar refractivity (Wildman–Crippen MR) is 140 cm³/mol. The Balaban J connectivity index is 1.37. The van der Waals surface area contributed by atoms with Crippen LogP contribution in [0.1, 0.15) is 105 Å². The van der Waals surface area contributed by atoms with Gasteiger partial charge in [-0.15, -0.1) is 0 Å². The molecule has 0 aliphatic heterocycles. The average Bonchev–Trinajstić information content (AvgIpc) is 3.26. The Morgan fingerprint density at radius 1 is 1.03 bits per heavy atom. The van der Waals surface area contributed by atoms with Crippen molar-refractivity contribution in [2.24, 2.45) is 57.7 Å². The van der Waals surface area contributed by atoms with Crippen molar-refractivity contribution in [1.82, 2.24) is 0 Å². The summed E-state index contributed by atoms with van der Waals surface area (Å²) < 4.78 is 6.80. The standard InChI is InChI=1S/C29H47IO2/c1-18(2)7-6-8-19(3)22-9-10-23-21-15-25(32-26(31)17-30)29-16-20(29)11-14-28(29,5)24(21)12-13-27(22,23)4/h18-25H,6-17H2,1-5H3. The molecule has 0 bridgehead atoms. The number of rotatable bonds is 7. The zero-order chi connectivity index (χ0) is 22.9. The van der Waals surface area contributed by atoms with Crippen molar-refractivity contribution in [2.45, 2.75) is 111 Å². The fourth-order valence-electron chi connectivity index (χ4n) is 10.6. The third kappa shape index (κ3) is 3.39. The van der Waals surface area contributed by atoms with Crippen molar-refractivity contribution in [3.8, 4) is 0 Å². The number of fused-ring (bicyclic) bond motifs is 4. The number of hydrogen-bond donors (Lipinski definition) is 0. The van der Waals surface area contributed by atoms with Crippen LogP contribution in [0.3, 0.4) is 0 Å². The summed E-state index contributed by atoms with van der Waals surface area (Å²) in [6, 6.07) is 0. The molecule has 0 N–H and O–H groups in total. The maximum Gasteiger partial charge on any atom is 0.316 e. The summed E-state index contributed by atoms with van der Waals surface area (Å²) in [7, 11) is 0. The van der Waals surface area contributed by atoms with Crippen LogP contribution in [-0.4, -0.2) is 16.5 Å². The van der Waals surface area contributed by atoms with Crippen molar-refractivity contribution in [3.05, 3.63) is 0 Å². The van der Waals surface area contributed by atoms with Gasteiger partial charge in [-0.1, -0.05) is 76.5 Å². The molecule has 5 rings (SSSR count). The number of ether oxygens (including phenoxy) is 1. The topological polar surface area (TPSA) is 26.3 Å². The third-order valence-electron chi connectivity index (χ3n) is 12.1. The van der Waals surface area contributed by atoms with Crippen molar-refractivity contribution < 1.29 is 9.53 Å². The summed E-state index contributed by atoms with van der Waals surface area (Å²) in [5.41, 5.74) is 1.27. The Morgan fingerprint density at radius 2 is 1.81 bits per heavy atom. The maximum absolute atomic E-state index is 12.4. The van der Waals surface area contributed by atoms with Gasteiger partial charge in [-0.05, 0) is 104 Å². The Kier molecular flexibility index (Phi) is 6.28. The van der Waals surface area contributed by atoms with Crippen LogP contribution in [0.4, 0.5) is 0 Å². The lowest BCUT2D eigenvalue weighted by Gasteiger charge is -2.60. The summed E-state index contributed by atoms with van der Waals surface area (Å²) in [6.45, 7) is 12.6. The van der Waals surface area contributed by atoms with Gasteiger partial charge in [0.2, 0.25) is 0 Å². The van der Waals surface area contributed by atoms with Crippen molar-refractivity contribution in [2.75, 3.05) is 4.43 Å². The minimum absolute atomic E-state index is 0.0324. The SMILES string of the molecule is CC(C)CCCC(C)C1CCC2C3CC(OC(=O)CI)C45CC4CCC5(C)C3CCC12C. The van der Waals surface area contributed by atoms with Gasteiger partial charge in [-0.25, -0.2) is 0 Å². The molecule has 2 nitrogen and oxygen atoms in total. The van der Waals surface area contributed by atoms with Crippen LogP contribution in [-0.2, 0) is 9.53 Å². The molecule has 32 heavy (non-hydrogen) atoms. The molecule has 0 saturated heterocycles. The van der Waals surface area contributed by atoms with E-state index in [1.165, 1.54) is 70.6 Å². The van der Waals surface area contributed by atoms with Crippen molar-refractivity contribution in [3.63, 3.8) is 0 Å². The number of carbonyl (C=O) groups excluding carboxylic acids is 1. The van der Waals surface area contributed by atoms with E-state index in [0.29, 0.717) is 20.7 Å². The van der Waals surface area contributed by atoms with Crippen LogP contribution in [0.15, 0.2) is 0 Å². The molecule has 10 unspecified atom stereocenters. The monoisotopic (exact) mass is 554 g/mol. The molecule has 3 heteroatoms. The van der Waals surface area contributed by atoms with E-state index in [1.54, 1.807) is 0 Å². The van der Waals surface area contributed by atoms with Crippen LogP contribution in [0.2, 0.25) is 0 Å². The first-order chi connectivity index (χ1) is 15.2. The van der Waals surface area contributed by atoms with E-state index < -0.39 is 0 Å². The first-order valence-corrected chi connectivity index (χ1v) is 15.5. The molecular formula is C29H47IO2. The van der Waals surface area contributed by atoms with Crippen molar-refractivity contribution in [1.29, 1.82) is 0 Å². The van der Waals surface area contributed by atoms with Crippen LogP contribution in [0, 0.1) is 57.7 Å². The predicted octanol–water partition coefficient (Wildman–Crippen LogP) is 8.06. The molecule has 0 aromatic carbocycles. The van der Waals surface area contributed by atoms with E-state index in [-0.39, 0.29) is 12.1 Å². The van der Waals surface area contributed by atoms with E-state index in [0.717, 1.165) is 41.4 Å². The number of hydrogen-bond acceptors (Lipinski definition) is 2. The second-order valence-electron chi connectivity index (χ2n) is 13.7. The molecule has 5 aliphatic carbocycles. The molecular weight excluding hydrogens is 507 g/mol. The highest BCUT2D eigenvalue weighted by atomic mass is 127. The fourth-order valence-corrected chi connectivity index (χ4v) is 10.8. The largest absolute Gasteiger partial charge is 0.461 e. The summed E-state index contributed by atoms with van der Waals surface area (Å²) in [5, 5.41) is 0. The lowest BCUT2D eigenvalue weighted by Crippen LogP contribution is -2.57. The zero-order valence-electron chi connectivity index (χ0n) is 21.3. The van der Waals surface area contributed by atoms with E-state index in [2.05, 4.69) is 57.2 Å². The minimum Gasteiger partial charge on any atom is -0.461 e. The van der Waals surface area contributed by atoms with Crippen LogP contribution in [0.5, 0.6) is 0 Å². The van der Waals surface area contributed by atoms with Crippen molar-refractivity contribution >= 4 is 28.6 Å². The van der Waals surface area contributed by atoms with Crippen LogP contribution < -0.4 is 0 Å². The summed E-state index contributed by atoms with van der Waals surface area (Å²) >= 11 is 2.19. The van der Waals surface area contributed by atoms with Gasteiger partial charge in [0, 0.05) is 5.41 Å². The highest BCUT2D eigenvalue weighted by Gasteiger charge is 2.78. The lowest BCUT2D eigenvalue weighted by atomic mass is 9.45. The number of esters is 1. The number of halogens is 1. The van der Waals surface area contributed by atoms with E-state index in [9.17, 15) is 4.79 Å². The minimum atomic E-state index is 0.0324. The van der Waals surface area contributed by atoms with Gasteiger partial charge in [0.05, 0.1) is 4.43 Å². The Labute approximate surface area is 210 Å². The van der Waals surface area contributed by atoms with Gasteiger partial charge in [0.25, 0.3) is 0 Å². The number of carbonyl (C=O) groups is 1. The second-order valence-corrected chi connectivity index (χ2v) is 14.4. The first-order valence-electron chi connectivity index (χ1n) is 13.9. The lowest BCUT2D eigenvalue weighted by molar-refractivity contribution is -0.181. The molecule has 0 radical (unpaired) electrons. The van der Waals surface area contributed by atoms with Gasteiger partial charge in [-0.3, -0.25) is 4.79 Å². The summed E-state index contributed by atoms with van der Waals surface area (Å²) in [6.07, 6.45) is 15.4. The van der Waals surface area contributed by atoms with Gasteiger partial charge in [-0.2, -0.15) is 0 Å². The summed E-state index contributed by atoms with van der Waals surface area (Å²) in [5.74, 6) is 5.97.